The lowest BCUT2D eigenvalue weighted by atomic mass is 10.2. The SMILES string of the molecule is Cc1nnc(SCc2ccccc2)n1/N=C/c1ccccc1OCc1ccccc1. The number of ether oxygens (including phenoxy) is 1. The fraction of sp³-hybridized carbons (Fsp3) is 0.125. The van der Waals surface area contributed by atoms with E-state index in [0.717, 1.165) is 33.6 Å². The standard InChI is InChI=1S/C24H22N4OS/c1-19-26-27-24(30-18-21-12-6-3-7-13-21)28(19)25-16-22-14-8-9-15-23(22)29-17-20-10-4-2-5-11-20/h2-16H,17-18H2,1H3/b25-16+. The number of para-hydroxylation sites is 1. The lowest BCUT2D eigenvalue weighted by Crippen LogP contribution is -2.00. The van der Waals surface area contributed by atoms with Gasteiger partial charge in [-0.3, -0.25) is 0 Å². The van der Waals surface area contributed by atoms with Crippen molar-refractivity contribution in [3.05, 3.63) is 107 Å². The second-order valence-corrected chi connectivity index (χ2v) is 7.62. The van der Waals surface area contributed by atoms with E-state index in [2.05, 4.69) is 27.4 Å². The Morgan fingerprint density at radius 3 is 2.30 bits per heavy atom. The molecule has 1 aromatic heterocycles. The minimum Gasteiger partial charge on any atom is -0.488 e. The summed E-state index contributed by atoms with van der Waals surface area (Å²) < 4.78 is 7.79. The highest BCUT2D eigenvalue weighted by molar-refractivity contribution is 7.98. The van der Waals surface area contributed by atoms with Crippen LogP contribution in [0.2, 0.25) is 0 Å². The molecule has 30 heavy (non-hydrogen) atoms. The average Bonchev–Trinajstić information content (AvgIpc) is 3.16. The molecule has 0 saturated carbocycles. The molecule has 3 aromatic carbocycles. The van der Waals surface area contributed by atoms with Gasteiger partial charge in [0.2, 0.25) is 5.16 Å². The molecular weight excluding hydrogens is 392 g/mol. The molecule has 0 atom stereocenters. The van der Waals surface area contributed by atoms with E-state index in [1.807, 2.05) is 79.7 Å². The Labute approximate surface area is 180 Å². The van der Waals surface area contributed by atoms with Crippen molar-refractivity contribution in [3.63, 3.8) is 0 Å². The van der Waals surface area contributed by atoms with Crippen LogP contribution in [0, 0.1) is 6.92 Å². The van der Waals surface area contributed by atoms with E-state index in [1.54, 1.807) is 22.7 Å². The highest BCUT2D eigenvalue weighted by Gasteiger charge is 2.09. The number of rotatable bonds is 8. The number of aromatic nitrogens is 3. The molecule has 0 aliphatic rings. The summed E-state index contributed by atoms with van der Waals surface area (Å²) in [7, 11) is 0. The van der Waals surface area contributed by atoms with E-state index in [9.17, 15) is 0 Å². The first-order valence-corrected chi connectivity index (χ1v) is 10.7. The van der Waals surface area contributed by atoms with Crippen molar-refractivity contribution in [1.82, 2.24) is 14.9 Å². The normalized spacial score (nSPS) is 11.1. The maximum Gasteiger partial charge on any atom is 0.212 e. The third kappa shape index (κ3) is 5.15. The Bertz CT molecular complexity index is 1110. The summed E-state index contributed by atoms with van der Waals surface area (Å²) in [5, 5.41) is 13.8. The molecule has 4 aromatic rings. The number of benzene rings is 3. The van der Waals surface area contributed by atoms with Crippen molar-refractivity contribution in [1.29, 1.82) is 0 Å². The summed E-state index contributed by atoms with van der Waals surface area (Å²) in [5.41, 5.74) is 3.26. The highest BCUT2D eigenvalue weighted by Crippen LogP contribution is 2.22. The number of hydrogen-bond donors (Lipinski definition) is 0. The second kappa shape index (κ2) is 9.89. The number of nitrogens with zero attached hydrogens (tertiary/aromatic N) is 4. The number of thioether (sulfide) groups is 1. The fourth-order valence-electron chi connectivity index (χ4n) is 2.86. The van der Waals surface area contributed by atoms with Gasteiger partial charge in [0.05, 0.1) is 6.21 Å². The van der Waals surface area contributed by atoms with Crippen LogP contribution in [0.5, 0.6) is 5.75 Å². The molecule has 0 spiro atoms. The monoisotopic (exact) mass is 414 g/mol. The van der Waals surface area contributed by atoms with E-state index < -0.39 is 0 Å². The van der Waals surface area contributed by atoms with Gasteiger partial charge >= 0.3 is 0 Å². The predicted molar refractivity (Wildman–Crippen MR) is 121 cm³/mol. The van der Waals surface area contributed by atoms with Crippen LogP contribution in [-0.4, -0.2) is 21.1 Å². The average molecular weight is 415 g/mol. The van der Waals surface area contributed by atoms with Crippen molar-refractivity contribution < 1.29 is 4.74 Å². The molecular formula is C24H22N4OS. The lowest BCUT2D eigenvalue weighted by molar-refractivity contribution is 0.306. The molecule has 0 fully saturated rings. The first-order valence-electron chi connectivity index (χ1n) is 9.68. The zero-order valence-corrected chi connectivity index (χ0v) is 17.5. The molecule has 0 unspecified atom stereocenters. The van der Waals surface area contributed by atoms with Crippen LogP contribution in [0.15, 0.2) is 95.2 Å². The topological polar surface area (TPSA) is 52.3 Å². The maximum atomic E-state index is 6.02. The molecule has 0 saturated heterocycles. The van der Waals surface area contributed by atoms with Crippen LogP contribution in [0.25, 0.3) is 0 Å². The molecule has 1 heterocycles. The van der Waals surface area contributed by atoms with Crippen LogP contribution < -0.4 is 4.74 Å². The molecule has 0 aliphatic carbocycles. The quantitative estimate of drug-likeness (QED) is 0.288. The van der Waals surface area contributed by atoms with Crippen LogP contribution in [0.3, 0.4) is 0 Å². The van der Waals surface area contributed by atoms with Crippen molar-refractivity contribution in [2.24, 2.45) is 5.10 Å². The minimum absolute atomic E-state index is 0.509. The number of aryl methyl sites for hydroxylation is 1. The maximum absolute atomic E-state index is 6.02. The van der Waals surface area contributed by atoms with Crippen LogP contribution >= 0.6 is 11.8 Å². The molecule has 4 rings (SSSR count). The van der Waals surface area contributed by atoms with E-state index in [-0.39, 0.29) is 0 Å². The first-order chi connectivity index (χ1) is 14.8. The van der Waals surface area contributed by atoms with Gasteiger partial charge in [0.25, 0.3) is 0 Å². The summed E-state index contributed by atoms with van der Waals surface area (Å²) in [6, 6.07) is 28.3. The summed E-state index contributed by atoms with van der Waals surface area (Å²) in [6.07, 6.45) is 1.79. The highest BCUT2D eigenvalue weighted by atomic mass is 32.2. The lowest BCUT2D eigenvalue weighted by Gasteiger charge is -2.09. The third-order valence-electron chi connectivity index (χ3n) is 4.45. The Balaban J connectivity index is 1.48. The van der Waals surface area contributed by atoms with Gasteiger partial charge in [0.15, 0.2) is 5.82 Å². The minimum atomic E-state index is 0.509. The van der Waals surface area contributed by atoms with Crippen LogP contribution in [0.4, 0.5) is 0 Å². The Hall–Kier alpha value is -3.38. The van der Waals surface area contributed by atoms with Gasteiger partial charge in [-0.15, -0.1) is 10.2 Å². The number of hydrogen-bond acceptors (Lipinski definition) is 5. The third-order valence-corrected chi connectivity index (χ3v) is 5.44. The summed E-state index contributed by atoms with van der Waals surface area (Å²) in [5.74, 6) is 2.34. The molecule has 0 N–H and O–H groups in total. The second-order valence-electron chi connectivity index (χ2n) is 6.67. The van der Waals surface area contributed by atoms with E-state index in [1.165, 1.54) is 5.56 Å². The van der Waals surface area contributed by atoms with Gasteiger partial charge in [0, 0.05) is 11.3 Å². The van der Waals surface area contributed by atoms with E-state index in [0.29, 0.717) is 6.61 Å². The van der Waals surface area contributed by atoms with Gasteiger partial charge in [-0.05, 0) is 30.2 Å². The molecule has 0 bridgehead atoms. The fourth-order valence-corrected chi connectivity index (χ4v) is 3.75. The molecule has 0 aliphatic heterocycles. The van der Waals surface area contributed by atoms with Gasteiger partial charge in [-0.1, -0.05) is 84.6 Å². The van der Waals surface area contributed by atoms with Gasteiger partial charge in [0.1, 0.15) is 12.4 Å². The zero-order chi connectivity index (χ0) is 20.6. The van der Waals surface area contributed by atoms with Gasteiger partial charge in [-0.2, -0.15) is 9.78 Å². The van der Waals surface area contributed by atoms with Crippen LogP contribution in [0.1, 0.15) is 22.5 Å². The predicted octanol–water partition coefficient (Wildman–Crippen LogP) is 5.34. The zero-order valence-electron chi connectivity index (χ0n) is 16.7. The Morgan fingerprint density at radius 2 is 1.53 bits per heavy atom. The molecule has 150 valence electrons. The van der Waals surface area contributed by atoms with Crippen LogP contribution in [-0.2, 0) is 12.4 Å². The first kappa shape index (κ1) is 19.9. The molecule has 5 nitrogen and oxygen atoms in total. The van der Waals surface area contributed by atoms with Crippen molar-refractivity contribution in [2.75, 3.05) is 0 Å². The van der Waals surface area contributed by atoms with E-state index >= 15 is 0 Å². The van der Waals surface area contributed by atoms with Crippen molar-refractivity contribution in [2.45, 2.75) is 24.4 Å². The smallest absolute Gasteiger partial charge is 0.212 e. The van der Waals surface area contributed by atoms with Gasteiger partial charge < -0.3 is 4.74 Å². The summed E-state index contributed by atoms with van der Waals surface area (Å²) in [4.78, 5) is 0. The van der Waals surface area contributed by atoms with Gasteiger partial charge in [-0.25, -0.2) is 0 Å². The molecule has 6 heteroatoms. The van der Waals surface area contributed by atoms with Crippen molar-refractivity contribution >= 4 is 18.0 Å². The summed E-state index contributed by atoms with van der Waals surface area (Å²) in [6.45, 7) is 2.41. The van der Waals surface area contributed by atoms with E-state index in [4.69, 9.17) is 4.74 Å². The molecule has 0 amide bonds. The Morgan fingerprint density at radius 1 is 0.867 bits per heavy atom. The van der Waals surface area contributed by atoms with Crippen molar-refractivity contribution in [3.8, 4) is 5.75 Å². The molecule has 0 radical (unpaired) electrons. The summed E-state index contributed by atoms with van der Waals surface area (Å²) >= 11 is 1.61. The largest absolute Gasteiger partial charge is 0.488 e. The Kier molecular flexibility index (Phi) is 6.57.